The average molecular weight is 303 g/mol. The molecule has 0 spiro atoms. The zero-order valence-electron chi connectivity index (χ0n) is 13.0. The van der Waals surface area contributed by atoms with Gasteiger partial charge in [-0.3, -0.25) is 4.79 Å². The molecule has 4 heteroatoms. The third kappa shape index (κ3) is 3.68. The molecule has 0 bridgehead atoms. The number of hydrogen-bond donors (Lipinski definition) is 2. The molecule has 1 atom stereocenters. The standard InChI is InChI=1S/C18H25NO3/c20-17(19-13-18(21)9-4-1-5-10-18)12-16-15-7-3-2-6-14(15)8-11-22-16/h2-3,6-7,16,21H,1,4-5,8-13H2,(H,19,20)/t16-/m1/s1. The van der Waals surface area contributed by atoms with E-state index >= 15 is 0 Å². The smallest absolute Gasteiger partial charge is 0.223 e. The SMILES string of the molecule is O=C(C[C@H]1OCCc2ccccc21)NCC1(O)CCCCC1. The van der Waals surface area contributed by atoms with Crippen molar-refractivity contribution in [3.05, 3.63) is 35.4 Å². The Balaban J connectivity index is 1.54. The van der Waals surface area contributed by atoms with Crippen molar-refractivity contribution in [3.63, 3.8) is 0 Å². The molecule has 0 saturated heterocycles. The van der Waals surface area contributed by atoms with Crippen LogP contribution in [0.25, 0.3) is 0 Å². The summed E-state index contributed by atoms with van der Waals surface area (Å²) in [5.41, 5.74) is 1.69. The van der Waals surface area contributed by atoms with Gasteiger partial charge in [0.1, 0.15) is 0 Å². The first-order valence-corrected chi connectivity index (χ1v) is 8.35. The topological polar surface area (TPSA) is 58.6 Å². The van der Waals surface area contributed by atoms with Crippen LogP contribution in [0.3, 0.4) is 0 Å². The van der Waals surface area contributed by atoms with E-state index in [-0.39, 0.29) is 12.0 Å². The predicted octanol–water partition coefficient (Wildman–Crippen LogP) is 2.50. The van der Waals surface area contributed by atoms with Gasteiger partial charge in [-0.15, -0.1) is 0 Å². The first-order chi connectivity index (χ1) is 10.7. The molecule has 4 nitrogen and oxygen atoms in total. The molecule has 1 saturated carbocycles. The lowest BCUT2D eigenvalue weighted by atomic mass is 9.85. The number of ether oxygens (including phenoxy) is 1. The maximum absolute atomic E-state index is 12.2. The summed E-state index contributed by atoms with van der Waals surface area (Å²) in [6.07, 6.45) is 5.93. The maximum atomic E-state index is 12.2. The van der Waals surface area contributed by atoms with Crippen LogP contribution in [0.5, 0.6) is 0 Å². The second-order valence-electron chi connectivity index (χ2n) is 6.57. The summed E-state index contributed by atoms with van der Waals surface area (Å²) in [5, 5.41) is 13.3. The molecule has 1 aromatic rings. The predicted molar refractivity (Wildman–Crippen MR) is 84.5 cm³/mol. The van der Waals surface area contributed by atoms with E-state index < -0.39 is 5.60 Å². The van der Waals surface area contributed by atoms with Gasteiger partial charge in [0.15, 0.2) is 0 Å². The van der Waals surface area contributed by atoms with Crippen LogP contribution in [-0.2, 0) is 16.0 Å². The highest BCUT2D eigenvalue weighted by molar-refractivity contribution is 5.76. The third-order valence-electron chi connectivity index (χ3n) is 4.86. The van der Waals surface area contributed by atoms with Gasteiger partial charge >= 0.3 is 0 Å². The fourth-order valence-corrected chi connectivity index (χ4v) is 3.54. The molecule has 2 aliphatic rings. The van der Waals surface area contributed by atoms with E-state index in [2.05, 4.69) is 11.4 Å². The van der Waals surface area contributed by atoms with E-state index in [0.717, 1.165) is 37.7 Å². The lowest BCUT2D eigenvalue weighted by molar-refractivity contribution is -0.126. The molecule has 0 unspecified atom stereocenters. The van der Waals surface area contributed by atoms with E-state index in [1.54, 1.807) is 0 Å². The second kappa shape index (κ2) is 6.80. The Morgan fingerprint density at radius 1 is 1.27 bits per heavy atom. The average Bonchev–Trinajstić information content (AvgIpc) is 2.54. The van der Waals surface area contributed by atoms with Crippen LogP contribution in [-0.4, -0.2) is 29.8 Å². The lowest BCUT2D eigenvalue weighted by Gasteiger charge is -2.32. The van der Waals surface area contributed by atoms with Gasteiger partial charge in [0, 0.05) is 6.54 Å². The van der Waals surface area contributed by atoms with Gasteiger partial charge in [-0.2, -0.15) is 0 Å². The van der Waals surface area contributed by atoms with E-state index in [9.17, 15) is 9.90 Å². The van der Waals surface area contributed by atoms with Crippen LogP contribution >= 0.6 is 0 Å². The molecule has 1 aromatic carbocycles. The van der Waals surface area contributed by atoms with Gasteiger partial charge in [0.25, 0.3) is 0 Å². The van der Waals surface area contributed by atoms with Crippen LogP contribution < -0.4 is 5.32 Å². The Bertz CT molecular complexity index is 523. The molecule has 120 valence electrons. The summed E-state index contributed by atoms with van der Waals surface area (Å²) in [6.45, 7) is 1.03. The van der Waals surface area contributed by atoms with E-state index in [1.165, 1.54) is 12.0 Å². The highest BCUT2D eigenvalue weighted by Gasteiger charge is 2.30. The number of carbonyl (C=O) groups excluding carboxylic acids is 1. The summed E-state index contributed by atoms with van der Waals surface area (Å²) < 4.78 is 5.77. The zero-order chi connectivity index (χ0) is 15.4. The Morgan fingerprint density at radius 3 is 2.86 bits per heavy atom. The highest BCUT2D eigenvalue weighted by Crippen LogP contribution is 2.30. The Hall–Kier alpha value is -1.39. The minimum absolute atomic E-state index is 0.0410. The van der Waals surface area contributed by atoms with Gasteiger partial charge in [-0.25, -0.2) is 0 Å². The molecule has 1 aliphatic heterocycles. The van der Waals surface area contributed by atoms with Crippen LogP contribution in [0.2, 0.25) is 0 Å². The third-order valence-corrected chi connectivity index (χ3v) is 4.86. The van der Waals surface area contributed by atoms with Crippen molar-refractivity contribution in [2.45, 2.75) is 56.7 Å². The largest absolute Gasteiger partial charge is 0.388 e. The van der Waals surface area contributed by atoms with Gasteiger partial charge in [0.05, 0.1) is 24.7 Å². The van der Waals surface area contributed by atoms with Crippen molar-refractivity contribution in [1.29, 1.82) is 0 Å². The van der Waals surface area contributed by atoms with Gasteiger partial charge in [-0.1, -0.05) is 43.5 Å². The highest BCUT2D eigenvalue weighted by atomic mass is 16.5. The van der Waals surface area contributed by atoms with Crippen LogP contribution in [0, 0.1) is 0 Å². The van der Waals surface area contributed by atoms with Crippen molar-refractivity contribution < 1.29 is 14.6 Å². The number of benzene rings is 1. The monoisotopic (exact) mass is 303 g/mol. The molecule has 1 fully saturated rings. The first kappa shape index (κ1) is 15.5. The van der Waals surface area contributed by atoms with Crippen LogP contribution in [0.4, 0.5) is 0 Å². The van der Waals surface area contributed by atoms with E-state index in [4.69, 9.17) is 4.74 Å². The number of amides is 1. The minimum atomic E-state index is -0.709. The number of nitrogens with one attached hydrogen (secondary N) is 1. The molecule has 1 heterocycles. The maximum Gasteiger partial charge on any atom is 0.223 e. The van der Waals surface area contributed by atoms with Crippen LogP contribution in [0.15, 0.2) is 24.3 Å². The van der Waals surface area contributed by atoms with Gasteiger partial charge in [0.2, 0.25) is 5.91 Å². The van der Waals surface area contributed by atoms with Gasteiger partial charge in [-0.05, 0) is 30.4 Å². The summed E-state index contributed by atoms with van der Waals surface area (Å²) in [5.74, 6) is -0.0410. The van der Waals surface area contributed by atoms with Crippen molar-refractivity contribution in [2.24, 2.45) is 0 Å². The Labute approximate surface area is 131 Å². The minimum Gasteiger partial charge on any atom is -0.388 e. The van der Waals surface area contributed by atoms with Crippen molar-refractivity contribution in [2.75, 3.05) is 13.2 Å². The molecule has 1 amide bonds. The molecular weight excluding hydrogens is 278 g/mol. The second-order valence-corrected chi connectivity index (χ2v) is 6.57. The van der Waals surface area contributed by atoms with Gasteiger partial charge < -0.3 is 15.2 Å². The molecule has 0 radical (unpaired) electrons. The summed E-state index contributed by atoms with van der Waals surface area (Å²) in [4.78, 5) is 12.2. The fourth-order valence-electron chi connectivity index (χ4n) is 3.54. The fraction of sp³-hybridized carbons (Fsp3) is 0.611. The van der Waals surface area contributed by atoms with Crippen molar-refractivity contribution >= 4 is 5.91 Å². The Kier molecular flexibility index (Phi) is 4.79. The van der Waals surface area contributed by atoms with Crippen LogP contribution in [0.1, 0.15) is 55.8 Å². The first-order valence-electron chi connectivity index (χ1n) is 8.35. The molecule has 1 aliphatic carbocycles. The number of aliphatic hydroxyl groups is 1. The number of fused-ring (bicyclic) bond motifs is 1. The summed E-state index contributed by atoms with van der Waals surface area (Å²) >= 11 is 0. The molecular formula is C18H25NO3. The molecule has 2 N–H and O–H groups in total. The summed E-state index contributed by atoms with van der Waals surface area (Å²) in [7, 11) is 0. The zero-order valence-corrected chi connectivity index (χ0v) is 13.0. The van der Waals surface area contributed by atoms with Crippen molar-refractivity contribution in [3.8, 4) is 0 Å². The number of carbonyl (C=O) groups is 1. The molecule has 3 rings (SSSR count). The molecule has 22 heavy (non-hydrogen) atoms. The van der Waals surface area contributed by atoms with Crippen molar-refractivity contribution in [1.82, 2.24) is 5.32 Å². The quantitative estimate of drug-likeness (QED) is 0.898. The van der Waals surface area contributed by atoms with E-state index in [1.807, 2.05) is 18.2 Å². The molecule has 0 aromatic heterocycles. The normalized spacial score (nSPS) is 23.6. The number of rotatable bonds is 4. The van der Waals surface area contributed by atoms with E-state index in [0.29, 0.717) is 19.6 Å². The summed E-state index contributed by atoms with van der Waals surface area (Å²) in [6, 6.07) is 8.16. The lowest BCUT2D eigenvalue weighted by Crippen LogP contribution is -2.44. The number of hydrogen-bond acceptors (Lipinski definition) is 3. The Morgan fingerprint density at radius 2 is 2.05 bits per heavy atom.